The quantitative estimate of drug-likeness (QED) is 0.237. The van der Waals surface area contributed by atoms with E-state index in [1.807, 2.05) is 60.7 Å². The first-order chi connectivity index (χ1) is 21.0. The summed E-state index contributed by atoms with van der Waals surface area (Å²) >= 11 is 0. The number of amides is 2. The Balaban J connectivity index is 1.13. The SMILES string of the molecule is NC1CN(Cc2cccc3ncccc23)C(=O)CN1C(=O)CN(Cc1cc(-c2cnccn2)no1)NCc1ccccc1. The Bertz CT molecular complexity index is 1690. The summed E-state index contributed by atoms with van der Waals surface area (Å²) in [4.78, 5) is 42.7. The maximum absolute atomic E-state index is 13.6. The Morgan fingerprint density at radius 2 is 1.91 bits per heavy atom. The van der Waals surface area contributed by atoms with Crippen molar-refractivity contribution in [1.29, 1.82) is 0 Å². The Hall–Kier alpha value is -5.04. The van der Waals surface area contributed by atoms with E-state index in [2.05, 4.69) is 25.5 Å². The standard InChI is InChI=1S/C31H31N9O3/c32-29-19-38(17-23-8-4-10-26-25(23)9-5-11-34-26)30(41)21-40(29)31(42)20-39(36-15-22-6-2-1-3-7-22)18-24-14-27(37-43-24)28-16-33-12-13-35-28/h1-14,16,29,36H,15,17-21,32H2. The molecule has 1 fully saturated rings. The lowest BCUT2D eigenvalue weighted by molar-refractivity contribution is -0.150. The highest BCUT2D eigenvalue weighted by atomic mass is 16.5. The van der Waals surface area contributed by atoms with Crippen LogP contribution in [0, 0.1) is 0 Å². The maximum atomic E-state index is 13.6. The van der Waals surface area contributed by atoms with Gasteiger partial charge in [0.2, 0.25) is 11.8 Å². The van der Waals surface area contributed by atoms with Gasteiger partial charge in [-0.05, 0) is 23.3 Å². The molecular weight excluding hydrogens is 546 g/mol. The van der Waals surface area contributed by atoms with E-state index in [-0.39, 0.29) is 38.0 Å². The van der Waals surface area contributed by atoms with Gasteiger partial charge < -0.3 is 20.1 Å². The van der Waals surface area contributed by atoms with Crippen molar-refractivity contribution in [3.63, 3.8) is 0 Å². The number of pyridine rings is 1. The summed E-state index contributed by atoms with van der Waals surface area (Å²) in [5, 5.41) is 6.83. The Morgan fingerprint density at radius 3 is 2.74 bits per heavy atom. The minimum absolute atomic E-state index is 0.0377. The van der Waals surface area contributed by atoms with Gasteiger partial charge >= 0.3 is 0 Å². The van der Waals surface area contributed by atoms with Crippen molar-refractivity contribution < 1.29 is 14.1 Å². The lowest BCUT2D eigenvalue weighted by atomic mass is 10.1. The summed E-state index contributed by atoms with van der Waals surface area (Å²) in [6, 6.07) is 21.3. The molecule has 0 aliphatic carbocycles. The van der Waals surface area contributed by atoms with Crippen LogP contribution >= 0.6 is 0 Å². The molecule has 3 N–H and O–H groups in total. The van der Waals surface area contributed by atoms with Gasteiger partial charge in [0, 0.05) is 43.1 Å². The number of aromatic nitrogens is 4. The molecule has 0 bridgehead atoms. The Labute approximate surface area is 248 Å². The van der Waals surface area contributed by atoms with Gasteiger partial charge in [-0.2, -0.15) is 0 Å². The highest BCUT2D eigenvalue weighted by Gasteiger charge is 2.34. The van der Waals surface area contributed by atoms with Gasteiger partial charge in [-0.25, -0.2) is 10.4 Å². The van der Waals surface area contributed by atoms with Crippen LogP contribution in [-0.4, -0.2) is 72.5 Å². The average Bonchev–Trinajstić information content (AvgIpc) is 3.51. The Morgan fingerprint density at radius 1 is 1.02 bits per heavy atom. The van der Waals surface area contributed by atoms with E-state index in [0.29, 0.717) is 30.2 Å². The largest absolute Gasteiger partial charge is 0.359 e. The lowest BCUT2D eigenvalue weighted by Crippen LogP contribution is -2.62. The van der Waals surface area contributed by atoms with Crippen LogP contribution in [0.1, 0.15) is 16.9 Å². The van der Waals surface area contributed by atoms with Gasteiger partial charge in [0.25, 0.3) is 0 Å². The highest BCUT2D eigenvalue weighted by molar-refractivity contribution is 5.88. The van der Waals surface area contributed by atoms with Crippen molar-refractivity contribution in [1.82, 2.24) is 40.3 Å². The van der Waals surface area contributed by atoms with Crippen LogP contribution in [0.5, 0.6) is 0 Å². The van der Waals surface area contributed by atoms with Crippen LogP contribution in [-0.2, 0) is 29.2 Å². The second-order valence-corrected chi connectivity index (χ2v) is 10.3. The zero-order chi connectivity index (χ0) is 29.6. The molecule has 0 saturated carbocycles. The number of carbonyl (C=O) groups is 2. The predicted octanol–water partition coefficient (Wildman–Crippen LogP) is 2.34. The number of piperazine rings is 1. The molecule has 12 nitrogen and oxygen atoms in total. The van der Waals surface area contributed by atoms with Crippen molar-refractivity contribution in [2.45, 2.75) is 25.8 Å². The first kappa shape index (κ1) is 28.1. The second kappa shape index (κ2) is 12.9. The van der Waals surface area contributed by atoms with Crippen LogP contribution in [0.15, 0.2) is 96.0 Å². The monoisotopic (exact) mass is 577 g/mol. The fraction of sp³-hybridized carbons (Fsp3) is 0.226. The predicted molar refractivity (Wildman–Crippen MR) is 158 cm³/mol. The minimum Gasteiger partial charge on any atom is -0.359 e. The molecule has 2 amide bonds. The topological polar surface area (TPSA) is 147 Å². The zero-order valence-corrected chi connectivity index (χ0v) is 23.4. The van der Waals surface area contributed by atoms with E-state index in [1.165, 1.54) is 4.90 Å². The van der Waals surface area contributed by atoms with Crippen LogP contribution in [0.25, 0.3) is 22.3 Å². The van der Waals surface area contributed by atoms with Gasteiger partial charge in [0.1, 0.15) is 17.9 Å². The molecule has 0 spiro atoms. The number of benzene rings is 2. The van der Waals surface area contributed by atoms with E-state index >= 15 is 0 Å². The number of hydrazine groups is 1. The molecule has 12 heteroatoms. The van der Waals surface area contributed by atoms with Gasteiger partial charge in [-0.3, -0.25) is 24.5 Å². The van der Waals surface area contributed by atoms with Crippen LogP contribution in [0.2, 0.25) is 0 Å². The number of nitrogens with zero attached hydrogens (tertiary/aromatic N) is 7. The van der Waals surface area contributed by atoms with Crippen molar-refractivity contribution in [2.75, 3.05) is 19.6 Å². The third-order valence-corrected chi connectivity index (χ3v) is 7.29. The third-order valence-electron chi connectivity index (χ3n) is 7.29. The molecule has 1 aliphatic heterocycles. The smallest absolute Gasteiger partial charge is 0.242 e. The fourth-order valence-corrected chi connectivity index (χ4v) is 5.07. The van der Waals surface area contributed by atoms with Crippen LogP contribution < -0.4 is 11.2 Å². The van der Waals surface area contributed by atoms with E-state index in [1.54, 1.807) is 40.8 Å². The number of hydrogen-bond acceptors (Lipinski definition) is 10. The first-order valence-electron chi connectivity index (χ1n) is 13.9. The number of nitrogens with one attached hydrogen (secondary N) is 1. The number of fused-ring (bicyclic) bond motifs is 1. The molecule has 5 aromatic rings. The van der Waals surface area contributed by atoms with Crippen molar-refractivity contribution in [2.24, 2.45) is 5.73 Å². The van der Waals surface area contributed by atoms with Crippen LogP contribution in [0.3, 0.4) is 0 Å². The minimum atomic E-state index is -0.650. The summed E-state index contributed by atoms with van der Waals surface area (Å²) < 4.78 is 5.55. The molecule has 1 aliphatic rings. The number of nitrogens with two attached hydrogens (primary N) is 1. The highest BCUT2D eigenvalue weighted by Crippen LogP contribution is 2.21. The molecule has 6 rings (SSSR count). The second-order valence-electron chi connectivity index (χ2n) is 10.3. The fourth-order valence-electron chi connectivity index (χ4n) is 5.07. The van der Waals surface area contributed by atoms with Crippen LogP contribution in [0.4, 0.5) is 0 Å². The summed E-state index contributed by atoms with van der Waals surface area (Å²) in [5.74, 6) is 0.0939. The van der Waals surface area contributed by atoms with E-state index in [0.717, 1.165) is 22.0 Å². The van der Waals surface area contributed by atoms with Gasteiger partial charge in [-0.1, -0.05) is 53.7 Å². The van der Waals surface area contributed by atoms with Gasteiger partial charge in [-0.15, -0.1) is 0 Å². The molecular formula is C31H31N9O3. The summed E-state index contributed by atoms with van der Waals surface area (Å²) in [6.45, 7) is 1.20. The van der Waals surface area contributed by atoms with Gasteiger partial charge in [0.05, 0.1) is 37.5 Å². The molecule has 43 heavy (non-hydrogen) atoms. The zero-order valence-electron chi connectivity index (χ0n) is 23.4. The van der Waals surface area contributed by atoms with E-state index < -0.39 is 6.17 Å². The molecule has 2 aromatic carbocycles. The number of carbonyl (C=O) groups excluding carboxylic acids is 2. The third kappa shape index (κ3) is 6.72. The maximum Gasteiger partial charge on any atom is 0.242 e. The molecule has 3 aromatic heterocycles. The molecule has 1 saturated heterocycles. The summed E-state index contributed by atoms with van der Waals surface area (Å²) in [6.07, 6.45) is 5.87. The van der Waals surface area contributed by atoms with Gasteiger partial charge in [0.15, 0.2) is 5.76 Å². The molecule has 0 radical (unpaired) electrons. The molecule has 1 unspecified atom stereocenters. The molecule has 4 heterocycles. The van der Waals surface area contributed by atoms with E-state index in [9.17, 15) is 9.59 Å². The number of hydrogen-bond donors (Lipinski definition) is 2. The molecule has 1 atom stereocenters. The van der Waals surface area contributed by atoms with E-state index in [4.69, 9.17) is 10.3 Å². The lowest BCUT2D eigenvalue weighted by Gasteiger charge is -2.40. The summed E-state index contributed by atoms with van der Waals surface area (Å²) in [7, 11) is 0. The normalized spacial score (nSPS) is 15.4. The van der Waals surface area contributed by atoms with Crippen molar-refractivity contribution in [3.05, 3.63) is 108 Å². The first-order valence-corrected chi connectivity index (χ1v) is 13.9. The molecule has 218 valence electrons. The van der Waals surface area contributed by atoms with Crippen molar-refractivity contribution >= 4 is 22.7 Å². The van der Waals surface area contributed by atoms with Crippen molar-refractivity contribution in [3.8, 4) is 11.4 Å². The number of rotatable bonds is 10. The average molecular weight is 578 g/mol. The summed E-state index contributed by atoms with van der Waals surface area (Å²) in [5.41, 5.74) is 13.8. The Kier molecular flexibility index (Phi) is 8.40.